The summed E-state index contributed by atoms with van der Waals surface area (Å²) in [5.41, 5.74) is 2.89. The second-order valence-corrected chi connectivity index (χ2v) is 8.38. The number of amides is 1. The SMILES string of the molecule is COc1ccc(-n2cnnc2SCC(=O)Nc2ccccc2N2CCCCCC2)cc1. The van der Waals surface area contributed by atoms with Gasteiger partial charge in [-0.15, -0.1) is 10.2 Å². The van der Waals surface area contributed by atoms with Crippen LogP contribution < -0.4 is 15.0 Å². The molecule has 31 heavy (non-hydrogen) atoms. The second kappa shape index (κ2) is 10.3. The van der Waals surface area contributed by atoms with E-state index >= 15 is 0 Å². The predicted molar refractivity (Wildman–Crippen MR) is 124 cm³/mol. The molecule has 162 valence electrons. The highest BCUT2D eigenvalue weighted by molar-refractivity contribution is 7.99. The molecule has 1 aromatic heterocycles. The third-order valence-electron chi connectivity index (χ3n) is 5.32. The Balaban J connectivity index is 1.40. The highest BCUT2D eigenvalue weighted by atomic mass is 32.2. The number of nitrogens with zero attached hydrogens (tertiary/aromatic N) is 4. The normalized spacial score (nSPS) is 14.2. The molecule has 1 amide bonds. The van der Waals surface area contributed by atoms with Crippen LogP contribution in [0.3, 0.4) is 0 Å². The minimum atomic E-state index is -0.0587. The molecule has 1 aliphatic heterocycles. The van der Waals surface area contributed by atoms with Crippen molar-refractivity contribution in [2.45, 2.75) is 30.8 Å². The molecule has 0 radical (unpaired) electrons. The van der Waals surface area contributed by atoms with Gasteiger partial charge in [-0.1, -0.05) is 36.7 Å². The Kier molecular flexibility index (Phi) is 7.09. The van der Waals surface area contributed by atoms with Crippen molar-refractivity contribution in [3.8, 4) is 11.4 Å². The van der Waals surface area contributed by atoms with Gasteiger partial charge in [0.1, 0.15) is 12.1 Å². The van der Waals surface area contributed by atoms with Gasteiger partial charge in [0.25, 0.3) is 0 Å². The molecule has 2 aromatic carbocycles. The standard InChI is InChI=1S/C23H27N5O2S/c1-30-19-12-10-18(11-13-19)28-17-24-26-23(28)31-16-22(29)25-20-8-4-5-9-21(20)27-14-6-2-3-7-15-27/h4-5,8-13,17H,2-3,6-7,14-16H2,1H3,(H,25,29). The lowest BCUT2D eigenvalue weighted by atomic mass is 10.2. The zero-order valence-electron chi connectivity index (χ0n) is 17.7. The first-order chi connectivity index (χ1) is 15.2. The summed E-state index contributed by atoms with van der Waals surface area (Å²) < 4.78 is 7.07. The van der Waals surface area contributed by atoms with Crippen LogP contribution in [0.5, 0.6) is 5.75 Å². The molecule has 0 saturated carbocycles. The van der Waals surface area contributed by atoms with E-state index in [1.807, 2.05) is 47.0 Å². The van der Waals surface area contributed by atoms with Crippen molar-refractivity contribution in [2.75, 3.05) is 36.2 Å². The van der Waals surface area contributed by atoms with Crippen LogP contribution in [-0.4, -0.2) is 46.6 Å². The van der Waals surface area contributed by atoms with Crippen LogP contribution in [-0.2, 0) is 4.79 Å². The summed E-state index contributed by atoms with van der Waals surface area (Å²) in [6.07, 6.45) is 6.59. The predicted octanol–water partition coefficient (Wildman–Crippen LogP) is 4.39. The molecule has 0 atom stereocenters. The topological polar surface area (TPSA) is 72.3 Å². The van der Waals surface area contributed by atoms with E-state index < -0.39 is 0 Å². The number of thioether (sulfide) groups is 1. The molecular weight excluding hydrogens is 410 g/mol. The Morgan fingerprint density at radius 1 is 1.06 bits per heavy atom. The maximum absolute atomic E-state index is 12.7. The molecule has 1 N–H and O–H groups in total. The molecular formula is C23H27N5O2S. The van der Waals surface area contributed by atoms with Gasteiger partial charge < -0.3 is 15.0 Å². The molecule has 1 fully saturated rings. The molecule has 3 aromatic rings. The van der Waals surface area contributed by atoms with Crippen molar-refractivity contribution in [1.29, 1.82) is 0 Å². The Morgan fingerprint density at radius 2 is 1.81 bits per heavy atom. The number of benzene rings is 2. The summed E-state index contributed by atoms with van der Waals surface area (Å²) in [6, 6.07) is 15.7. The smallest absolute Gasteiger partial charge is 0.234 e. The van der Waals surface area contributed by atoms with E-state index in [9.17, 15) is 4.79 Å². The van der Waals surface area contributed by atoms with Crippen LogP contribution >= 0.6 is 11.8 Å². The fourth-order valence-electron chi connectivity index (χ4n) is 3.73. The number of carbonyl (C=O) groups excluding carboxylic acids is 1. The van der Waals surface area contributed by atoms with E-state index in [1.165, 1.54) is 37.4 Å². The summed E-state index contributed by atoms with van der Waals surface area (Å²) in [5, 5.41) is 11.9. The molecule has 1 aliphatic rings. The number of aromatic nitrogens is 3. The molecule has 0 unspecified atom stereocenters. The Hall–Kier alpha value is -3.00. The maximum Gasteiger partial charge on any atom is 0.234 e. The number of carbonyl (C=O) groups is 1. The van der Waals surface area contributed by atoms with Gasteiger partial charge in [-0.2, -0.15) is 0 Å². The average Bonchev–Trinajstić information content (AvgIpc) is 3.11. The third-order valence-corrected chi connectivity index (χ3v) is 6.27. The molecule has 7 nitrogen and oxygen atoms in total. The minimum Gasteiger partial charge on any atom is -0.497 e. The van der Waals surface area contributed by atoms with Gasteiger partial charge in [-0.25, -0.2) is 0 Å². The molecule has 0 bridgehead atoms. The number of rotatable bonds is 7. The molecule has 8 heteroatoms. The van der Waals surface area contributed by atoms with Crippen LogP contribution in [0, 0.1) is 0 Å². The Morgan fingerprint density at radius 3 is 2.55 bits per heavy atom. The number of nitrogens with one attached hydrogen (secondary N) is 1. The highest BCUT2D eigenvalue weighted by Gasteiger charge is 2.16. The first-order valence-electron chi connectivity index (χ1n) is 10.6. The van der Waals surface area contributed by atoms with Gasteiger partial charge in [0.05, 0.1) is 24.2 Å². The van der Waals surface area contributed by atoms with E-state index in [0.29, 0.717) is 5.16 Å². The van der Waals surface area contributed by atoms with Gasteiger partial charge >= 0.3 is 0 Å². The maximum atomic E-state index is 12.7. The lowest BCUT2D eigenvalue weighted by Gasteiger charge is -2.25. The fraction of sp³-hybridized carbons (Fsp3) is 0.348. The van der Waals surface area contributed by atoms with Crippen LogP contribution in [0.15, 0.2) is 60.0 Å². The van der Waals surface area contributed by atoms with Gasteiger partial charge in [0, 0.05) is 18.8 Å². The van der Waals surface area contributed by atoms with E-state index in [4.69, 9.17) is 4.74 Å². The van der Waals surface area contributed by atoms with Gasteiger partial charge in [0.2, 0.25) is 5.91 Å². The van der Waals surface area contributed by atoms with Crippen LogP contribution in [0.4, 0.5) is 11.4 Å². The number of ether oxygens (including phenoxy) is 1. The van der Waals surface area contributed by atoms with Crippen LogP contribution in [0.25, 0.3) is 5.69 Å². The third kappa shape index (κ3) is 5.38. The van der Waals surface area contributed by atoms with E-state index in [-0.39, 0.29) is 11.7 Å². The van der Waals surface area contributed by atoms with Crippen LogP contribution in [0.1, 0.15) is 25.7 Å². The zero-order valence-corrected chi connectivity index (χ0v) is 18.5. The summed E-state index contributed by atoms with van der Waals surface area (Å²) in [4.78, 5) is 15.1. The number of methoxy groups -OCH3 is 1. The highest BCUT2D eigenvalue weighted by Crippen LogP contribution is 2.28. The van der Waals surface area contributed by atoms with Crippen molar-refractivity contribution in [2.24, 2.45) is 0 Å². The van der Waals surface area contributed by atoms with Gasteiger partial charge in [-0.05, 0) is 49.2 Å². The van der Waals surface area contributed by atoms with Crippen LogP contribution in [0.2, 0.25) is 0 Å². The molecule has 4 rings (SSSR count). The second-order valence-electron chi connectivity index (χ2n) is 7.44. The van der Waals surface area contributed by atoms with Gasteiger partial charge in [0.15, 0.2) is 5.16 Å². The number of hydrogen-bond acceptors (Lipinski definition) is 6. The lowest BCUT2D eigenvalue weighted by Crippen LogP contribution is -2.26. The Labute approximate surface area is 186 Å². The van der Waals surface area contributed by atoms with Crippen molar-refractivity contribution in [3.63, 3.8) is 0 Å². The zero-order chi connectivity index (χ0) is 21.5. The van der Waals surface area contributed by atoms with Crippen molar-refractivity contribution in [3.05, 3.63) is 54.9 Å². The first kappa shape index (κ1) is 21.2. The van der Waals surface area contributed by atoms with E-state index in [0.717, 1.165) is 35.9 Å². The van der Waals surface area contributed by atoms with Crippen molar-refractivity contribution < 1.29 is 9.53 Å². The minimum absolute atomic E-state index is 0.0587. The largest absolute Gasteiger partial charge is 0.497 e. The molecule has 0 spiro atoms. The first-order valence-corrected chi connectivity index (χ1v) is 11.5. The average molecular weight is 438 g/mol. The van der Waals surface area contributed by atoms with Gasteiger partial charge in [-0.3, -0.25) is 9.36 Å². The Bertz CT molecular complexity index is 997. The summed E-state index contributed by atoms with van der Waals surface area (Å²) >= 11 is 1.36. The van der Waals surface area contributed by atoms with E-state index in [1.54, 1.807) is 13.4 Å². The summed E-state index contributed by atoms with van der Waals surface area (Å²) in [5.74, 6) is 0.980. The van der Waals surface area contributed by atoms with E-state index in [2.05, 4.69) is 26.5 Å². The molecule has 1 saturated heterocycles. The molecule has 0 aliphatic carbocycles. The summed E-state index contributed by atoms with van der Waals surface area (Å²) in [7, 11) is 1.64. The lowest BCUT2D eigenvalue weighted by molar-refractivity contribution is -0.113. The van der Waals surface area contributed by atoms with Crippen molar-refractivity contribution >= 4 is 29.0 Å². The molecule has 2 heterocycles. The monoisotopic (exact) mass is 437 g/mol. The quantitative estimate of drug-likeness (QED) is 0.553. The summed E-state index contributed by atoms with van der Waals surface area (Å²) in [6.45, 7) is 2.07. The number of anilines is 2. The number of hydrogen-bond donors (Lipinski definition) is 1. The van der Waals surface area contributed by atoms with Crippen molar-refractivity contribution in [1.82, 2.24) is 14.8 Å². The fourth-order valence-corrected chi connectivity index (χ4v) is 4.45. The number of para-hydroxylation sites is 2.